The highest BCUT2D eigenvalue weighted by atomic mass is 16.3. The first-order valence-electron chi connectivity index (χ1n) is 17.3. The Balaban J connectivity index is 1.06. The van der Waals surface area contributed by atoms with Gasteiger partial charge in [-0.15, -0.1) is 0 Å². The van der Waals surface area contributed by atoms with Gasteiger partial charge >= 0.3 is 0 Å². The molecule has 3 unspecified atom stereocenters. The normalized spacial score (nSPS) is 19.6. The lowest BCUT2D eigenvalue weighted by Gasteiger charge is -2.28. The largest absolute Gasteiger partial charge is 0.456 e. The predicted octanol–water partition coefficient (Wildman–Crippen LogP) is 12.3. The minimum atomic E-state index is 0.214. The van der Waals surface area contributed by atoms with Crippen LogP contribution in [-0.4, -0.2) is 10.6 Å². The van der Waals surface area contributed by atoms with E-state index in [0.717, 1.165) is 23.0 Å². The molecule has 0 spiro atoms. The zero-order chi connectivity index (χ0) is 32.1. The van der Waals surface area contributed by atoms with E-state index < -0.39 is 0 Å². The van der Waals surface area contributed by atoms with Gasteiger partial charge in [0.15, 0.2) is 0 Å². The second-order valence-electron chi connectivity index (χ2n) is 13.6. The molecule has 3 heteroatoms. The topological polar surface area (TPSA) is 21.3 Å². The van der Waals surface area contributed by atoms with Crippen LogP contribution in [0.5, 0.6) is 0 Å². The van der Waals surface area contributed by atoms with E-state index in [2.05, 4.69) is 173 Å². The summed E-state index contributed by atoms with van der Waals surface area (Å²) in [4.78, 5) is 2.55. The molecule has 3 aliphatic rings. The molecule has 3 atom stereocenters. The Bertz CT molecular complexity index is 2770. The monoisotopic (exact) mass is 628 g/mol. The average Bonchev–Trinajstić information content (AvgIpc) is 3.81. The zero-order valence-electron chi connectivity index (χ0n) is 26.8. The summed E-state index contributed by atoms with van der Waals surface area (Å²) in [6, 6.07) is 42.8. The lowest BCUT2D eigenvalue weighted by Crippen LogP contribution is -2.28. The summed E-state index contributed by atoms with van der Waals surface area (Å²) in [5, 5.41) is 7.47. The molecule has 0 saturated heterocycles. The van der Waals surface area contributed by atoms with Crippen LogP contribution in [0.1, 0.15) is 23.9 Å². The molecule has 6 aromatic carbocycles. The highest BCUT2D eigenvalue weighted by Gasteiger charge is 2.39. The number of allylic oxidation sites excluding steroid dienone is 6. The summed E-state index contributed by atoms with van der Waals surface area (Å²) in [5.41, 5.74) is 10.8. The molecule has 0 N–H and O–H groups in total. The van der Waals surface area contributed by atoms with Gasteiger partial charge in [-0.25, -0.2) is 0 Å². The molecule has 3 nitrogen and oxygen atoms in total. The van der Waals surface area contributed by atoms with Crippen molar-refractivity contribution in [3.63, 3.8) is 0 Å². The maximum atomic E-state index is 6.40. The number of rotatable bonds is 3. The van der Waals surface area contributed by atoms with E-state index in [1.54, 1.807) is 0 Å². The molecule has 0 fully saturated rings. The molecule has 2 aliphatic carbocycles. The van der Waals surface area contributed by atoms with Gasteiger partial charge in [0.05, 0.1) is 17.6 Å². The summed E-state index contributed by atoms with van der Waals surface area (Å²) >= 11 is 0. The molecular formula is C46H32N2O. The number of furan rings is 1. The Morgan fingerprint density at radius 1 is 0.592 bits per heavy atom. The number of anilines is 2. The first-order chi connectivity index (χ1) is 24.3. The van der Waals surface area contributed by atoms with E-state index in [0.29, 0.717) is 6.04 Å². The van der Waals surface area contributed by atoms with Crippen molar-refractivity contribution in [1.82, 2.24) is 4.57 Å². The van der Waals surface area contributed by atoms with E-state index in [1.165, 1.54) is 66.0 Å². The highest BCUT2D eigenvalue weighted by molar-refractivity contribution is 6.16. The van der Waals surface area contributed by atoms with Gasteiger partial charge in [0.1, 0.15) is 11.2 Å². The molecule has 0 bridgehead atoms. The lowest BCUT2D eigenvalue weighted by molar-refractivity contribution is 0.648. The fourth-order valence-electron chi connectivity index (χ4n) is 8.90. The molecular weight excluding hydrogens is 597 g/mol. The quantitative estimate of drug-likeness (QED) is 0.194. The fraction of sp³-hybridized carbons (Fsp3) is 0.0870. The molecule has 0 radical (unpaired) electrons. The summed E-state index contributed by atoms with van der Waals surface area (Å²) in [6.45, 7) is 0. The lowest BCUT2D eigenvalue weighted by atomic mass is 9.88. The summed E-state index contributed by atoms with van der Waals surface area (Å²) in [5.74, 6) is 0.269. The molecule has 2 aromatic heterocycles. The predicted molar refractivity (Wildman–Crippen MR) is 205 cm³/mol. The van der Waals surface area contributed by atoms with Crippen molar-refractivity contribution in [3.8, 4) is 11.1 Å². The van der Waals surface area contributed by atoms with Crippen molar-refractivity contribution >= 4 is 65.9 Å². The van der Waals surface area contributed by atoms with Crippen LogP contribution in [-0.2, 0) is 0 Å². The van der Waals surface area contributed by atoms with Gasteiger partial charge in [0.25, 0.3) is 0 Å². The third-order valence-corrected chi connectivity index (χ3v) is 11.0. The Morgan fingerprint density at radius 2 is 1.41 bits per heavy atom. The molecule has 232 valence electrons. The van der Waals surface area contributed by atoms with E-state index in [9.17, 15) is 0 Å². The summed E-state index contributed by atoms with van der Waals surface area (Å²) in [7, 11) is 0. The van der Waals surface area contributed by atoms with Crippen LogP contribution in [0.3, 0.4) is 0 Å². The minimum absolute atomic E-state index is 0.214. The van der Waals surface area contributed by atoms with Crippen LogP contribution in [0.4, 0.5) is 11.4 Å². The number of benzene rings is 6. The van der Waals surface area contributed by atoms with Crippen LogP contribution in [0, 0.1) is 0 Å². The number of nitrogens with zero attached hydrogens (tertiary/aromatic N) is 2. The second kappa shape index (κ2) is 10.2. The molecule has 0 amide bonds. The zero-order valence-corrected chi connectivity index (χ0v) is 26.8. The average molecular weight is 629 g/mol. The third kappa shape index (κ3) is 3.84. The fourth-order valence-corrected chi connectivity index (χ4v) is 8.90. The molecule has 11 rings (SSSR count). The van der Waals surface area contributed by atoms with Crippen molar-refractivity contribution in [2.75, 3.05) is 4.90 Å². The Labute approximate surface area is 284 Å². The van der Waals surface area contributed by atoms with Gasteiger partial charge in [-0.05, 0) is 82.4 Å². The first-order valence-corrected chi connectivity index (χ1v) is 17.3. The van der Waals surface area contributed by atoms with Gasteiger partial charge < -0.3 is 13.9 Å². The molecule has 8 aromatic rings. The van der Waals surface area contributed by atoms with Gasteiger partial charge in [-0.1, -0.05) is 115 Å². The van der Waals surface area contributed by atoms with Crippen molar-refractivity contribution in [2.45, 2.75) is 24.4 Å². The Morgan fingerprint density at radius 3 is 2.29 bits per heavy atom. The number of hydrogen-bond donors (Lipinski definition) is 0. The van der Waals surface area contributed by atoms with Crippen LogP contribution < -0.4 is 4.90 Å². The summed E-state index contributed by atoms with van der Waals surface area (Å²) in [6.07, 6.45) is 19.2. The van der Waals surface area contributed by atoms with Crippen molar-refractivity contribution in [1.29, 1.82) is 0 Å². The van der Waals surface area contributed by atoms with Gasteiger partial charge in [-0.2, -0.15) is 0 Å². The molecule has 49 heavy (non-hydrogen) atoms. The summed E-state index contributed by atoms with van der Waals surface area (Å²) < 4.78 is 8.96. The van der Waals surface area contributed by atoms with E-state index in [4.69, 9.17) is 4.42 Å². The number of aromatic nitrogens is 1. The standard InChI is InChI=1S/C46H32N2O/c1-2-13-32(14-3-1)47-38-18-8-6-15-35(38)45-40(47)25-26-41-46(45)36-16-7-9-19-39(36)48(41)33-23-21-29(22-24-33)34-17-10-20-42-44(34)37-27-30-11-4-5-12-31(30)28-43(37)49-42/h1-13,15-28,32,36,39H,14H2. The van der Waals surface area contributed by atoms with Crippen LogP contribution >= 0.6 is 0 Å². The molecule has 0 saturated carbocycles. The Hall–Kier alpha value is -6.06. The van der Waals surface area contributed by atoms with Crippen molar-refractivity contribution in [3.05, 3.63) is 169 Å². The first kappa shape index (κ1) is 26.9. The third-order valence-electron chi connectivity index (χ3n) is 11.0. The molecule has 1 aliphatic heterocycles. The maximum Gasteiger partial charge on any atom is 0.136 e. The SMILES string of the molecule is C1=CCC(n2c3ccccc3c3c4c(ccc32)N(c2ccc(-c3cccc5oc6cc7ccccc7cc6c35)cc2)C2C=CC=CC42)C=C1. The maximum absolute atomic E-state index is 6.40. The van der Waals surface area contributed by atoms with E-state index >= 15 is 0 Å². The number of fused-ring (bicyclic) bond motifs is 11. The minimum Gasteiger partial charge on any atom is -0.456 e. The Kier molecular flexibility index (Phi) is 5.62. The van der Waals surface area contributed by atoms with Gasteiger partial charge in [-0.3, -0.25) is 0 Å². The van der Waals surface area contributed by atoms with Crippen LogP contribution in [0.2, 0.25) is 0 Å². The van der Waals surface area contributed by atoms with Gasteiger partial charge in [0, 0.05) is 44.4 Å². The van der Waals surface area contributed by atoms with E-state index in [-0.39, 0.29) is 12.0 Å². The number of para-hydroxylation sites is 1. The highest BCUT2D eigenvalue weighted by Crippen LogP contribution is 2.53. The molecule has 3 heterocycles. The van der Waals surface area contributed by atoms with Crippen LogP contribution in [0.15, 0.2) is 168 Å². The number of hydrogen-bond acceptors (Lipinski definition) is 2. The van der Waals surface area contributed by atoms with Crippen molar-refractivity contribution < 1.29 is 4.42 Å². The van der Waals surface area contributed by atoms with Crippen LogP contribution in [0.25, 0.3) is 65.6 Å². The van der Waals surface area contributed by atoms with Crippen molar-refractivity contribution in [2.24, 2.45) is 0 Å². The second-order valence-corrected chi connectivity index (χ2v) is 13.6. The van der Waals surface area contributed by atoms with E-state index in [1.807, 2.05) is 0 Å². The van der Waals surface area contributed by atoms with Gasteiger partial charge in [0.2, 0.25) is 0 Å². The smallest absolute Gasteiger partial charge is 0.136 e.